The number of aliphatic carboxylic acids is 1. The lowest BCUT2D eigenvalue weighted by atomic mass is 10.1. The largest absolute Gasteiger partial charge is 0.494 e. The van der Waals surface area contributed by atoms with Crippen LogP contribution in [0.25, 0.3) is 0 Å². The fourth-order valence-corrected chi connectivity index (χ4v) is 2.26. The van der Waals surface area contributed by atoms with Gasteiger partial charge in [-0.05, 0) is 43.7 Å². The van der Waals surface area contributed by atoms with Crippen molar-refractivity contribution in [2.75, 3.05) is 25.1 Å². The Bertz CT molecular complexity index is 790. The van der Waals surface area contributed by atoms with Crippen molar-refractivity contribution >= 4 is 17.6 Å². The van der Waals surface area contributed by atoms with Gasteiger partial charge in [-0.1, -0.05) is 13.0 Å². The summed E-state index contributed by atoms with van der Waals surface area (Å²) in [6.45, 7) is 4.27. The van der Waals surface area contributed by atoms with Crippen LogP contribution in [0.5, 0.6) is 17.2 Å². The van der Waals surface area contributed by atoms with Crippen molar-refractivity contribution in [3.8, 4) is 17.2 Å². The summed E-state index contributed by atoms with van der Waals surface area (Å²) in [6.07, 6.45) is 0.896. The molecule has 0 aromatic heterocycles. The summed E-state index contributed by atoms with van der Waals surface area (Å²) in [6, 6.07) is 11.7. The van der Waals surface area contributed by atoms with Gasteiger partial charge in [-0.2, -0.15) is 0 Å². The first-order valence-electron chi connectivity index (χ1n) is 8.69. The van der Waals surface area contributed by atoms with Crippen LogP contribution in [0.2, 0.25) is 0 Å². The van der Waals surface area contributed by atoms with E-state index in [1.807, 2.05) is 13.0 Å². The minimum Gasteiger partial charge on any atom is -0.494 e. The fraction of sp³-hybridized carbons (Fsp3) is 0.300. The molecule has 27 heavy (non-hydrogen) atoms. The number of carboxylic acid groups (broad SMARTS) is 1. The van der Waals surface area contributed by atoms with E-state index < -0.39 is 12.6 Å². The quantitative estimate of drug-likeness (QED) is 0.661. The van der Waals surface area contributed by atoms with Crippen LogP contribution in [0.15, 0.2) is 42.5 Å². The Morgan fingerprint density at radius 1 is 1.00 bits per heavy atom. The van der Waals surface area contributed by atoms with Crippen molar-refractivity contribution in [1.82, 2.24) is 0 Å². The van der Waals surface area contributed by atoms with Crippen molar-refractivity contribution in [2.45, 2.75) is 20.3 Å². The molecule has 2 N–H and O–H groups in total. The van der Waals surface area contributed by atoms with Crippen LogP contribution >= 0.6 is 0 Å². The standard InChI is InChI=1S/C20H23NO6/c1-3-10-26-16-7-5-6-15(12-16)21-20(24)14-8-9-17(27-13-19(22)23)18(11-14)25-4-2/h5-9,11-12H,3-4,10,13H2,1-2H3,(H,21,24)(H,22,23). The van der Waals surface area contributed by atoms with Crippen LogP contribution in [-0.2, 0) is 4.79 Å². The van der Waals surface area contributed by atoms with Crippen LogP contribution in [0.3, 0.4) is 0 Å². The Balaban J connectivity index is 2.13. The summed E-state index contributed by atoms with van der Waals surface area (Å²) in [5.41, 5.74) is 0.971. The van der Waals surface area contributed by atoms with E-state index in [0.717, 1.165) is 6.42 Å². The van der Waals surface area contributed by atoms with Crippen molar-refractivity contribution < 1.29 is 28.9 Å². The number of rotatable bonds is 10. The molecular weight excluding hydrogens is 350 g/mol. The SMILES string of the molecule is CCCOc1cccc(NC(=O)c2ccc(OCC(=O)O)c(OCC)c2)c1. The number of nitrogens with one attached hydrogen (secondary N) is 1. The van der Waals surface area contributed by atoms with E-state index in [0.29, 0.717) is 36.0 Å². The van der Waals surface area contributed by atoms with E-state index in [2.05, 4.69) is 5.32 Å². The molecule has 0 saturated carbocycles. The van der Waals surface area contributed by atoms with E-state index in [1.54, 1.807) is 31.2 Å². The topological polar surface area (TPSA) is 94.1 Å². The smallest absolute Gasteiger partial charge is 0.341 e. The van der Waals surface area contributed by atoms with Crippen molar-refractivity contribution in [2.24, 2.45) is 0 Å². The van der Waals surface area contributed by atoms with Crippen LogP contribution in [0.4, 0.5) is 5.69 Å². The Morgan fingerprint density at radius 2 is 1.81 bits per heavy atom. The van der Waals surface area contributed by atoms with Gasteiger partial charge in [-0.25, -0.2) is 4.79 Å². The van der Waals surface area contributed by atoms with Gasteiger partial charge in [0.1, 0.15) is 5.75 Å². The number of carboxylic acids is 1. The number of carbonyl (C=O) groups is 2. The highest BCUT2D eigenvalue weighted by atomic mass is 16.5. The highest BCUT2D eigenvalue weighted by molar-refractivity contribution is 6.04. The van der Waals surface area contributed by atoms with Gasteiger partial charge in [0.15, 0.2) is 18.1 Å². The first-order valence-corrected chi connectivity index (χ1v) is 8.69. The third kappa shape index (κ3) is 6.22. The summed E-state index contributed by atoms with van der Waals surface area (Å²) in [5.74, 6) is -0.155. The van der Waals surface area contributed by atoms with E-state index in [1.165, 1.54) is 12.1 Å². The Labute approximate surface area is 157 Å². The first-order chi connectivity index (χ1) is 13.0. The summed E-state index contributed by atoms with van der Waals surface area (Å²) < 4.78 is 16.2. The molecule has 0 bridgehead atoms. The molecule has 0 saturated heterocycles. The zero-order valence-electron chi connectivity index (χ0n) is 15.4. The van der Waals surface area contributed by atoms with Gasteiger partial charge in [0, 0.05) is 17.3 Å². The molecule has 0 fully saturated rings. The Morgan fingerprint density at radius 3 is 2.52 bits per heavy atom. The molecule has 0 spiro atoms. The van der Waals surface area contributed by atoms with Crippen LogP contribution in [-0.4, -0.2) is 36.8 Å². The minimum absolute atomic E-state index is 0.269. The molecule has 0 aliphatic rings. The van der Waals surface area contributed by atoms with Gasteiger partial charge in [0.2, 0.25) is 0 Å². The molecule has 0 heterocycles. The fourth-order valence-electron chi connectivity index (χ4n) is 2.26. The molecule has 2 rings (SSSR count). The lowest BCUT2D eigenvalue weighted by Crippen LogP contribution is -2.13. The maximum Gasteiger partial charge on any atom is 0.341 e. The number of hydrogen-bond donors (Lipinski definition) is 2. The molecule has 1 amide bonds. The third-order valence-corrected chi connectivity index (χ3v) is 3.42. The van der Waals surface area contributed by atoms with E-state index in [9.17, 15) is 9.59 Å². The normalized spacial score (nSPS) is 10.1. The van der Waals surface area contributed by atoms with Gasteiger partial charge in [-0.15, -0.1) is 0 Å². The third-order valence-electron chi connectivity index (χ3n) is 3.42. The van der Waals surface area contributed by atoms with Crippen molar-refractivity contribution in [1.29, 1.82) is 0 Å². The zero-order chi connectivity index (χ0) is 19.6. The summed E-state index contributed by atoms with van der Waals surface area (Å²) >= 11 is 0. The lowest BCUT2D eigenvalue weighted by Gasteiger charge is -2.13. The molecule has 0 atom stereocenters. The molecule has 7 heteroatoms. The minimum atomic E-state index is -1.09. The maximum atomic E-state index is 12.5. The number of ether oxygens (including phenoxy) is 3. The molecule has 144 valence electrons. The van der Waals surface area contributed by atoms with E-state index >= 15 is 0 Å². The molecule has 2 aromatic carbocycles. The number of carbonyl (C=O) groups excluding carboxylic acids is 1. The highest BCUT2D eigenvalue weighted by Gasteiger charge is 2.13. The predicted molar refractivity (Wildman–Crippen MR) is 101 cm³/mol. The van der Waals surface area contributed by atoms with Gasteiger partial charge < -0.3 is 24.6 Å². The van der Waals surface area contributed by atoms with Gasteiger partial charge in [0.25, 0.3) is 5.91 Å². The first kappa shape index (κ1) is 20.1. The molecule has 0 unspecified atom stereocenters. The molecule has 0 radical (unpaired) electrons. The lowest BCUT2D eigenvalue weighted by molar-refractivity contribution is -0.139. The average Bonchev–Trinajstić information content (AvgIpc) is 2.65. The second kappa shape index (κ2) is 10.1. The van der Waals surface area contributed by atoms with Gasteiger partial charge >= 0.3 is 5.97 Å². The van der Waals surface area contributed by atoms with Crippen LogP contribution in [0, 0.1) is 0 Å². The second-order valence-corrected chi connectivity index (χ2v) is 5.61. The van der Waals surface area contributed by atoms with Crippen molar-refractivity contribution in [3.05, 3.63) is 48.0 Å². The highest BCUT2D eigenvalue weighted by Crippen LogP contribution is 2.29. The number of amides is 1. The maximum absolute atomic E-state index is 12.5. The molecule has 7 nitrogen and oxygen atoms in total. The van der Waals surface area contributed by atoms with Crippen LogP contribution < -0.4 is 19.5 Å². The predicted octanol–water partition coefficient (Wildman–Crippen LogP) is 3.59. The molecule has 0 aliphatic heterocycles. The summed E-state index contributed by atoms with van der Waals surface area (Å²) in [4.78, 5) is 23.2. The monoisotopic (exact) mass is 373 g/mol. The Hall–Kier alpha value is -3.22. The van der Waals surface area contributed by atoms with E-state index in [4.69, 9.17) is 19.3 Å². The molecule has 0 aliphatic carbocycles. The van der Waals surface area contributed by atoms with E-state index in [-0.39, 0.29) is 11.7 Å². The average molecular weight is 373 g/mol. The number of hydrogen-bond acceptors (Lipinski definition) is 5. The number of benzene rings is 2. The summed E-state index contributed by atoms with van der Waals surface area (Å²) in [5, 5.41) is 11.5. The molecular formula is C20H23NO6. The van der Waals surface area contributed by atoms with Crippen molar-refractivity contribution in [3.63, 3.8) is 0 Å². The zero-order valence-corrected chi connectivity index (χ0v) is 15.4. The summed E-state index contributed by atoms with van der Waals surface area (Å²) in [7, 11) is 0. The Kier molecular flexibility index (Phi) is 7.49. The number of anilines is 1. The van der Waals surface area contributed by atoms with Gasteiger partial charge in [-0.3, -0.25) is 4.79 Å². The van der Waals surface area contributed by atoms with Gasteiger partial charge in [0.05, 0.1) is 13.2 Å². The molecule has 2 aromatic rings. The second-order valence-electron chi connectivity index (χ2n) is 5.61. The van der Waals surface area contributed by atoms with Crippen LogP contribution in [0.1, 0.15) is 30.6 Å².